The molecule has 202 valence electrons. The number of amides is 2. The molecule has 0 aliphatic heterocycles. The first kappa shape index (κ1) is 27.6. The predicted molar refractivity (Wildman–Crippen MR) is 140 cm³/mol. The van der Waals surface area contributed by atoms with E-state index in [4.69, 9.17) is 16.3 Å². The van der Waals surface area contributed by atoms with Crippen LogP contribution in [0.15, 0.2) is 67.0 Å². The summed E-state index contributed by atoms with van der Waals surface area (Å²) in [6.07, 6.45) is -1.26. The number of aryl methyl sites for hydroxylation is 1. The molecule has 0 unspecified atom stereocenters. The van der Waals surface area contributed by atoms with E-state index < -0.39 is 22.7 Å². The molecule has 2 amide bonds. The number of carbonyl (C=O) groups is 2. The average Bonchev–Trinajstić information content (AvgIpc) is 3.38. The molecular weight excluding hydrogens is 535 g/mol. The zero-order valence-corrected chi connectivity index (χ0v) is 21.6. The van der Waals surface area contributed by atoms with Gasteiger partial charge in [0.05, 0.1) is 16.8 Å². The van der Waals surface area contributed by atoms with Crippen molar-refractivity contribution in [2.75, 3.05) is 19.4 Å². The number of hydrogen-bond acceptors (Lipinski definition) is 5. The highest BCUT2D eigenvalue weighted by Crippen LogP contribution is 2.36. The maximum atomic E-state index is 13.1. The maximum Gasteiger partial charge on any atom is 0.417 e. The minimum absolute atomic E-state index is 0.0112. The highest BCUT2D eigenvalue weighted by molar-refractivity contribution is 6.31. The second kappa shape index (κ2) is 11.6. The minimum atomic E-state index is -4.63. The molecule has 39 heavy (non-hydrogen) atoms. The van der Waals surface area contributed by atoms with E-state index in [1.807, 2.05) is 6.07 Å². The molecule has 2 aromatic heterocycles. The number of hydrogen-bond donors (Lipinski definition) is 2. The number of rotatable bonds is 8. The summed E-state index contributed by atoms with van der Waals surface area (Å²) in [7, 11) is 3.28. The molecule has 2 N–H and O–H groups in total. The van der Waals surface area contributed by atoms with E-state index in [1.165, 1.54) is 17.2 Å². The van der Waals surface area contributed by atoms with E-state index in [1.54, 1.807) is 50.6 Å². The Morgan fingerprint density at radius 3 is 2.56 bits per heavy atom. The second-order valence-electron chi connectivity index (χ2n) is 8.71. The number of H-pyrrole nitrogens is 1. The summed E-state index contributed by atoms with van der Waals surface area (Å²) in [5, 5.41) is 2.04. The number of halogens is 4. The molecule has 8 nitrogen and oxygen atoms in total. The van der Waals surface area contributed by atoms with Crippen LogP contribution in [0.2, 0.25) is 5.02 Å². The van der Waals surface area contributed by atoms with Crippen LogP contribution in [0, 0.1) is 0 Å². The van der Waals surface area contributed by atoms with Gasteiger partial charge in [-0.25, -0.2) is 4.98 Å². The largest absolute Gasteiger partial charge is 0.457 e. The number of anilines is 1. The van der Waals surface area contributed by atoms with Gasteiger partial charge in [-0.15, -0.1) is 0 Å². The van der Waals surface area contributed by atoms with Crippen molar-refractivity contribution in [2.45, 2.75) is 19.0 Å². The Bertz CT molecular complexity index is 1500. The van der Waals surface area contributed by atoms with Gasteiger partial charge in [-0.1, -0.05) is 23.7 Å². The number of imidazole rings is 1. The van der Waals surface area contributed by atoms with Gasteiger partial charge in [-0.05, 0) is 48.4 Å². The van der Waals surface area contributed by atoms with Gasteiger partial charge in [0.25, 0.3) is 5.91 Å². The van der Waals surface area contributed by atoms with Crippen LogP contribution < -0.4 is 10.1 Å². The molecule has 0 saturated heterocycles. The van der Waals surface area contributed by atoms with Crippen molar-refractivity contribution in [3.63, 3.8) is 0 Å². The lowest BCUT2D eigenvalue weighted by molar-refractivity contribution is -0.137. The first-order chi connectivity index (χ1) is 18.5. The molecule has 0 aliphatic carbocycles. The maximum absolute atomic E-state index is 13.1. The van der Waals surface area contributed by atoms with Gasteiger partial charge >= 0.3 is 6.18 Å². The molecule has 12 heteroatoms. The molecule has 2 heterocycles. The molecule has 0 fully saturated rings. The Hall–Kier alpha value is -4.38. The molecule has 0 atom stereocenters. The van der Waals surface area contributed by atoms with Crippen LogP contribution >= 0.6 is 11.6 Å². The van der Waals surface area contributed by atoms with Gasteiger partial charge in [0.2, 0.25) is 5.91 Å². The van der Waals surface area contributed by atoms with Gasteiger partial charge in [0.1, 0.15) is 22.9 Å². The first-order valence-electron chi connectivity index (χ1n) is 11.7. The summed E-state index contributed by atoms with van der Waals surface area (Å²) < 4.78 is 45.1. The third-order valence-electron chi connectivity index (χ3n) is 5.52. The van der Waals surface area contributed by atoms with Gasteiger partial charge in [-0.2, -0.15) is 13.2 Å². The van der Waals surface area contributed by atoms with Crippen LogP contribution in [0.1, 0.15) is 28.0 Å². The SMILES string of the molecule is CN(C)C(=O)c1cnc(-c2cc(Oc3cccc(CCC(=O)Nc4ccc(Cl)c(C(F)(F)F)c4)c3)ccn2)[nH]1. The Balaban J connectivity index is 1.38. The minimum Gasteiger partial charge on any atom is -0.457 e. The number of nitrogens with one attached hydrogen (secondary N) is 2. The van der Waals surface area contributed by atoms with Crippen molar-refractivity contribution >= 4 is 29.1 Å². The van der Waals surface area contributed by atoms with Gasteiger partial charge in [0, 0.05) is 38.5 Å². The van der Waals surface area contributed by atoms with Gasteiger partial charge in [0.15, 0.2) is 5.82 Å². The quantitative estimate of drug-likeness (QED) is 0.268. The molecule has 0 aliphatic rings. The summed E-state index contributed by atoms with van der Waals surface area (Å²) >= 11 is 5.63. The number of aromatic nitrogens is 3. The smallest absolute Gasteiger partial charge is 0.417 e. The van der Waals surface area contributed by atoms with Crippen molar-refractivity contribution in [2.24, 2.45) is 0 Å². The topological polar surface area (TPSA) is 100 Å². The first-order valence-corrected chi connectivity index (χ1v) is 12.0. The van der Waals surface area contributed by atoms with Crippen LogP contribution in [0.5, 0.6) is 11.5 Å². The average molecular weight is 558 g/mol. The fourth-order valence-electron chi connectivity index (χ4n) is 3.61. The van der Waals surface area contributed by atoms with Crippen LogP contribution in [0.25, 0.3) is 11.5 Å². The van der Waals surface area contributed by atoms with E-state index in [0.29, 0.717) is 35.1 Å². The molecule has 0 spiro atoms. The van der Waals surface area contributed by atoms with Crippen LogP contribution in [-0.2, 0) is 17.4 Å². The van der Waals surface area contributed by atoms with E-state index in [-0.39, 0.29) is 18.0 Å². The highest BCUT2D eigenvalue weighted by atomic mass is 35.5. The van der Waals surface area contributed by atoms with Crippen molar-refractivity contribution in [1.82, 2.24) is 19.9 Å². The number of aromatic amines is 1. The van der Waals surface area contributed by atoms with Crippen molar-refractivity contribution < 1.29 is 27.5 Å². The van der Waals surface area contributed by atoms with Crippen LogP contribution in [0.4, 0.5) is 18.9 Å². The number of ether oxygens (including phenoxy) is 1. The lowest BCUT2D eigenvalue weighted by Crippen LogP contribution is -2.21. The molecule has 4 rings (SSSR count). The fourth-order valence-corrected chi connectivity index (χ4v) is 3.83. The zero-order chi connectivity index (χ0) is 28.2. The third-order valence-corrected chi connectivity index (χ3v) is 5.85. The van der Waals surface area contributed by atoms with Crippen LogP contribution in [0.3, 0.4) is 0 Å². The third kappa shape index (κ3) is 7.14. The summed E-state index contributed by atoms with van der Waals surface area (Å²) in [4.78, 5) is 37.4. The normalized spacial score (nSPS) is 11.2. The predicted octanol–water partition coefficient (Wildman–Crippen LogP) is 6.21. The lowest BCUT2D eigenvalue weighted by Gasteiger charge is -2.12. The number of benzene rings is 2. The van der Waals surface area contributed by atoms with E-state index in [9.17, 15) is 22.8 Å². The molecule has 0 radical (unpaired) electrons. The molecule has 0 bridgehead atoms. The monoisotopic (exact) mass is 557 g/mol. The van der Waals surface area contributed by atoms with Crippen molar-refractivity contribution in [3.05, 3.63) is 88.8 Å². The number of carbonyl (C=O) groups excluding carboxylic acids is 2. The van der Waals surface area contributed by atoms with Gasteiger partial charge < -0.3 is 19.9 Å². The molecule has 0 saturated carbocycles. The number of nitrogens with zero attached hydrogens (tertiary/aromatic N) is 3. The second-order valence-corrected chi connectivity index (χ2v) is 9.12. The molecule has 4 aromatic rings. The van der Waals surface area contributed by atoms with Crippen LogP contribution in [-0.4, -0.2) is 45.8 Å². The standard InChI is InChI=1S/C27H23ClF3N5O3/c1-36(2)26(38)23-15-33-25(35-23)22-14-19(10-11-32-22)39-18-5-3-4-16(12-18)6-9-24(37)34-17-7-8-21(28)20(13-17)27(29,30)31/h3-5,7-8,10-15H,6,9H2,1-2H3,(H,33,35)(H,34,37). The summed E-state index contributed by atoms with van der Waals surface area (Å²) in [5.74, 6) is 0.746. The molecule has 2 aromatic carbocycles. The molecular formula is C27H23ClF3N5O3. The van der Waals surface area contributed by atoms with Crippen molar-refractivity contribution in [1.29, 1.82) is 0 Å². The Morgan fingerprint density at radius 1 is 1.05 bits per heavy atom. The Morgan fingerprint density at radius 2 is 1.82 bits per heavy atom. The number of alkyl halides is 3. The van der Waals surface area contributed by atoms with E-state index in [0.717, 1.165) is 17.7 Å². The summed E-state index contributed by atoms with van der Waals surface area (Å²) in [6, 6.07) is 13.6. The zero-order valence-electron chi connectivity index (χ0n) is 20.8. The highest BCUT2D eigenvalue weighted by Gasteiger charge is 2.33. The Kier molecular flexibility index (Phi) is 8.20. The number of pyridine rings is 1. The van der Waals surface area contributed by atoms with Crippen molar-refractivity contribution in [3.8, 4) is 23.0 Å². The Labute approximate surface area is 226 Å². The van der Waals surface area contributed by atoms with E-state index >= 15 is 0 Å². The van der Waals surface area contributed by atoms with Gasteiger partial charge in [-0.3, -0.25) is 14.6 Å². The lowest BCUT2D eigenvalue weighted by atomic mass is 10.1. The fraction of sp³-hybridized carbons (Fsp3) is 0.185. The summed E-state index contributed by atoms with van der Waals surface area (Å²) in [6.45, 7) is 0. The summed E-state index contributed by atoms with van der Waals surface area (Å²) in [5.41, 5.74) is 0.602. The van der Waals surface area contributed by atoms with E-state index in [2.05, 4.69) is 20.3 Å².